The number of nitrogens with zero attached hydrogens (tertiary/aromatic N) is 5. The minimum absolute atomic E-state index is 0.0302. The molecule has 0 bridgehead atoms. The van der Waals surface area contributed by atoms with E-state index in [2.05, 4.69) is 363 Å². The maximum absolute atomic E-state index is 9.85. The predicted octanol–water partition coefficient (Wildman–Crippen LogP) is 25.6. The van der Waals surface area contributed by atoms with Crippen molar-refractivity contribution in [3.05, 3.63) is 403 Å². The second-order valence-corrected chi connectivity index (χ2v) is 32.6. The summed E-state index contributed by atoms with van der Waals surface area (Å²) < 4.78 is 82.3. The van der Waals surface area contributed by atoms with Crippen LogP contribution in [-0.4, -0.2) is 33.5 Å². The highest BCUT2D eigenvalue weighted by Crippen LogP contribution is 2.45. The van der Waals surface area contributed by atoms with Crippen LogP contribution in [0.25, 0.3) is 121 Å². The van der Waals surface area contributed by atoms with E-state index in [9.17, 15) is 8.22 Å². The fourth-order valence-corrected chi connectivity index (χ4v) is 18.8. The van der Waals surface area contributed by atoms with Crippen LogP contribution in [0.5, 0.6) is 0 Å². The summed E-state index contributed by atoms with van der Waals surface area (Å²) in [6.07, 6.45) is 1.93. The fraction of sp³-hybridized carbons (Fsp3) is 0.119. The smallest absolute Gasteiger partial charge is 0.252 e. The number of hydrogen-bond donors (Lipinski definition) is 0. The second kappa shape index (κ2) is 28.3. The van der Waals surface area contributed by atoms with Crippen LogP contribution in [0.2, 0.25) is 0 Å². The molecule has 0 amide bonds. The molecule has 115 heavy (non-hydrogen) atoms. The van der Waals surface area contributed by atoms with Crippen LogP contribution >= 0.6 is 0 Å². The molecule has 0 aliphatic carbocycles. The van der Waals surface area contributed by atoms with E-state index in [1.807, 2.05) is 6.07 Å². The molecular formula is C109H88BN5. The highest BCUT2D eigenvalue weighted by atomic mass is 15.2. The topological polar surface area (TPSA) is 21.3 Å². The zero-order chi connectivity index (χ0) is 84.0. The van der Waals surface area contributed by atoms with Crippen LogP contribution in [0.4, 0.5) is 22.7 Å². The van der Waals surface area contributed by atoms with Crippen molar-refractivity contribution in [2.45, 2.75) is 71.8 Å². The first kappa shape index (κ1) is 61.2. The molecule has 2 aliphatic rings. The zero-order valence-electron chi connectivity index (χ0n) is 73.2. The lowest BCUT2D eigenvalue weighted by molar-refractivity contribution is 0.587. The van der Waals surface area contributed by atoms with E-state index < -0.39 is 24.2 Å². The average Bonchev–Trinajstić information content (AvgIpc) is 1.32. The second-order valence-electron chi connectivity index (χ2n) is 32.6. The first-order chi connectivity index (χ1) is 59.8. The Morgan fingerprint density at radius 1 is 0.339 bits per heavy atom. The first-order valence-electron chi connectivity index (χ1n) is 44.4. The quantitative estimate of drug-likeness (QED) is 0.0848. The van der Waals surface area contributed by atoms with Crippen LogP contribution < -0.4 is 26.2 Å². The van der Waals surface area contributed by atoms with Crippen LogP contribution in [0, 0.1) is 0 Å². The molecule has 6 heteroatoms. The van der Waals surface area contributed by atoms with E-state index in [1.165, 1.54) is 49.7 Å². The molecule has 0 unspecified atom stereocenters. The molecular weight excluding hydrogens is 1390 g/mol. The molecule has 19 aromatic rings. The van der Waals surface area contributed by atoms with Crippen molar-refractivity contribution in [1.29, 1.82) is 0 Å². The summed E-state index contributed by atoms with van der Waals surface area (Å²) in [4.78, 5) is 5.16. The fourth-order valence-electron chi connectivity index (χ4n) is 18.8. The molecule has 16 aromatic carbocycles. The Morgan fingerprint density at radius 2 is 0.817 bits per heavy atom. The van der Waals surface area contributed by atoms with Gasteiger partial charge in [0.15, 0.2) is 0 Å². The molecule has 21 rings (SSSR count). The summed E-state index contributed by atoms with van der Waals surface area (Å²) in [6.45, 7) is 12.6. The number of para-hydroxylation sites is 5. The molecule has 0 saturated carbocycles. The normalized spacial score (nSPS) is 13.6. The zero-order valence-corrected chi connectivity index (χ0v) is 65.2. The van der Waals surface area contributed by atoms with Gasteiger partial charge in [-0.25, -0.2) is 0 Å². The van der Waals surface area contributed by atoms with E-state index in [4.69, 9.17) is 2.74 Å². The van der Waals surface area contributed by atoms with E-state index in [-0.39, 0.29) is 58.1 Å². The van der Waals surface area contributed by atoms with E-state index in [1.54, 1.807) is 4.57 Å². The van der Waals surface area contributed by atoms with Gasteiger partial charge in [-0.3, -0.25) is 0 Å². The Morgan fingerprint density at radius 3 is 1.40 bits per heavy atom. The first-order valence-corrected chi connectivity index (χ1v) is 40.4. The van der Waals surface area contributed by atoms with Gasteiger partial charge in [0.1, 0.15) is 0 Å². The van der Waals surface area contributed by atoms with Crippen molar-refractivity contribution in [3.63, 3.8) is 0 Å². The van der Waals surface area contributed by atoms with Crippen molar-refractivity contribution in [2.24, 2.45) is 0 Å². The summed E-state index contributed by atoms with van der Waals surface area (Å²) in [6, 6.07) is 112. The predicted molar refractivity (Wildman–Crippen MR) is 489 cm³/mol. The molecule has 5 heterocycles. The van der Waals surface area contributed by atoms with Gasteiger partial charge in [0.25, 0.3) is 6.71 Å². The van der Waals surface area contributed by atoms with Crippen molar-refractivity contribution in [1.82, 2.24) is 13.7 Å². The van der Waals surface area contributed by atoms with Gasteiger partial charge in [0.2, 0.25) is 0 Å². The number of rotatable bonds is 17. The molecule has 0 atom stereocenters. The van der Waals surface area contributed by atoms with Crippen molar-refractivity contribution < 1.29 is 11.0 Å². The number of benzene rings is 16. The summed E-state index contributed by atoms with van der Waals surface area (Å²) in [5.74, 6) is 0.314. The van der Waals surface area contributed by atoms with Crippen molar-refractivity contribution in [2.75, 3.05) is 22.9 Å². The van der Waals surface area contributed by atoms with Crippen LogP contribution in [0.15, 0.2) is 364 Å². The summed E-state index contributed by atoms with van der Waals surface area (Å²) >= 11 is 0. The lowest BCUT2D eigenvalue weighted by Crippen LogP contribution is -2.62. The minimum Gasteiger partial charge on any atom is -0.342 e. The Hall–Kier alpha value is -13.4. The summed E-state index contributed by atoms with van der Waals surface area (Å²) in [5.41, 5.74) is 31.0. The molecule has 3 aromatic heterocycles. The maximum Gasteiger partial charge on any atom is 0.252 e. The molecule has 0 radical (unpaired) electrons. The number of hydrogen-bond acceptors (Lipinski definition) is 2. The Balaban J connectivity index is 0.839. The summed E-state index contributed by atoms with van der Waals surface area (Å²) in [5, 5.41) is 4.75. The van der Waals surface area contributed by atoms with Gasteiger partial charge in [-0.2, -0.15) is 0 Å². The Kier molecular flexibility index (Phi) is 15.1. The average molecular weight is 1490 g/mol. The van der Waals surface area contributed by atoms with Gasteiger partial charge in [-0.15, -0.1) is 0 Å². The van der Waals surface area contributed by atoms with E-state index >= 15 is 0 Å². The van der Waals surface area contributed by atoms with E-state index in [0.29, 0.717) is 50.5 Å². The monoisotopic (exact) mass is 1490 g/mol. The van der Waals surface area contributed by atoms with Crippen molar-refractivity contribution >= 4 is 111 Å². The minimum atomic E-state index is -0.487. The SMILES string of the molecule is [2H]c1c([2H])c([2H])c2c(c1[2H])c1c([2H])c([2H])c([2H])c([2H])c1n2-c1ccc2c(c1)N(CCc1cc(-c3ccccc3)cc(-c3ccccc3)c1)c1cc(Cn3c4ccccc4c4cc(-n5c6ccccc6c6ccccc65)ccc43)cc3c1B2c1ccc(Cc2cc(C(C)C)cc(C(C)(C)C)c2)cc1N3CCc1c(-c2ccccc2)cccc1-c1ccccc1. The van der Waals surface area contributed by atoms with Gasteiger partial charge in [0.05, 0.1) is 33.0 Å². The lowest BCUT2D eigenvalue weighted by Gasteiger charge is -2.45. The molecule has 2 aliphatic heterocycles. The van der Waals surface area contributed by atoms with Gasteiger partial charge in [-0.1, -0.05) is 314 Å². The number of fused-ring (bicyclic) bond motifs is 13. The Bertz CT molecular complexity index is 7270. The number of aromatic nitrogens is 3. The molecule has 552 valence electrons. The standard InChI is InChI=1S/C109H88BN5/c1-72(2)81-62-75(63-84(68-81)109(3,4)5)59-73-49-52-96-104(64-73)112(58-56-89-87(79-33-14-8-15-34-79)42-28-43-88(89)80-35-16-9-17-36-80)107-66-76(71-113-98-44-23-18-41-94(98)95-69-85(51-54-99(95)113)114-100-45-24-19-37-90(100)91-38-20-25-46-101(91)114)65-106-108(107)110(96)97-53-50-86(115-102-47-26-21-39-92(102)93-40-22-27-48-103(93)115)70-105(97)111(106)57-55-74-60-82(77-29-10-6-11-30-77)67-83(61-74)78-31-12-7-13-32-78/h6-54,60-70,72H,55-59,71H2,1-5H3/i21D,22D,26D,27D,39D,40D,47D,48D. The molecule has 0 spiro atoms. The summed E-state index contributed by atoms with van der Waals surface area (Å²) in [7, 11) is 0. The van der Waals surface area contributed by atoms with Crippen LogP contribution in [0.3, 0.4) is 0 Å². The Labute approximate surface area is 685 Å². The molecule has 5 nitrogen and oxygen atoms in total. The largest absolute Gasteiger partial charge is 0.342 e. The maximum atomic E-state index is 9.85. The third-order valence-electron chi connectivity index (χ3n) is 24.3. The highest BCUT2D eigenvalue weighted by molar-refractivity contribution is 7.00. The highest BCUT2D eigenvalue weighted by Gasteiger charge is 2.43. The van der Waals surface area contributed by atoms with Gasteiger partial charge in [0, 0.05) is 97.1 Å². The van der Waals surface area contributed by atoms with Gasteiger partial charge >= 0.3 is 0 Å². The van der Waals surface area contributed by atoms with Gasteiger partial charge < -0.3 is 23.5 Å². The van der Waals surface area contributed by atoms with Crippen LogP contribution in [0.1, 0.15) is 90.4 Å². The van der Waals surface area contributed by atoms with Gasteiger partial charge in [-0.05, 0) is 215 Å². The van der Waals surface area contributed by atoms with E-state index in [0.717, 1.165) is 122 Å². The third kappa shape index (κ3) is 12.2. The molecule has 0 saturated heterocycles. The lowest BCUT2D eigenvalue weighted by atomic mass is 9.33. The van der Waals surface area contributed by atoms with Crippen molar-refractivity contribution in [3.8, 4) is 55.9 Å². The number of anilines is 4. The third-order valence-corrected chi connectivity index (χ3v) is 24.3. The molecule has 0 fully saturated rings. The molecule has 0 N–H and O–H groups in total. The van der Waals surface area contributed by atoms with Crippen LogP contribution in [-0.2, 0) is 31.2 Å².